The van der Waals surface area contributed by atoms with Crippen molar-refractivity contribution in [2.24, 2.45) is 0 Å². The smallest absolute Gasteiger partial charge is 0.0786 e. The van der Waals surface area contributed by atoms with Gasteiger partial charge in [0.1, 0.15) is 0 Å². The minimum absolute atomic E-state index is 0.286. The molecule has 0 spiro atoms. The maximum absolute atomic E-state index is 10.7. The average Bonchev–Trinajstić information content (AvgIpc) is 2.58. The Morgan fingerprint density at radius 3 is 2.47 bits per heavy atom. The molecule has 2 rings (SSSR count). The predicted octanol–water partition coefficient (Wildman–Crippen LogP) is 1.80. The van der Waals surface area contributed by atoms with Crippen LogP contribution in [0.1, 0.15) is 58.3 Å². The molecule has 0 aromatic rings. The van der Waals surface area contributed by atoms with Crippen LogP contribution >= 0.6 is 0 Å². The Morgan fingerprint density at radius 1 is 1.00 bits per heavy atom. The molecule has 100 valence electrons. The van der Waals surface area contributed by atoms with Crippen LogP contribution < -0.4 is 10.6 Å². The van der Waals surface area contributed by atoms with Crippen molar-refractivity contribution in [1.29, 1.82) is 0 Å². The summed E-state index contributed by atoms with van der Waals surface area (Å²) in [5.74, 6) is 0. The maximum atomic E-state index is 10.7. The van der Waals surface area contributed by atoms with Gasteiger partial charge in [0.05, 0.1) is 5.60 Å². The van der Waals surface area contributed by atoms with E-state index in [1.807, 2.05) is 6.92 Å². The van der Waals surface area contributed by atoms with E-state index in [0.717, 1.165) is 25.9 Å². The summed E-state index contributed by atoms with van der Waals surface area (Å²) < 4.78 is 0. The van der Waals surface area contributed by atoms with Crippen LogP contribution in [0.4, 0.5) is 0 Å². The first-order valence-corrected chi connectivity index (χ1v) is 7.38. The van der Waals surface area contributed by atoms with E-state index in [1.54, 1.807) is 0 Å². The first-order chi connectivity index (χ1) is 8.18. The molecule has 0 aromatic carbocycles. The lowest BCUT2D eigenvalue weighted by Gasteiger charge is -2.37. The predicted molar refractivity (Wildman–Crippen MR) is 71.1 cm³/mol. The van der Waals surface area contributed by atoms with Crippen LogP contribution in [0.2, 0.25) is 0 Å². The molecule has 0 aliphatic carbocycles. The molecule has 0 saturated carbocycles. The lowest BCUT2D eigenvalue weighted by molar-refractivity contribution is -0.00140. The molecular formula is C14H28N2O. The largest absolute Gasteiger partial charge is 0.388 e. The fourth-order valence-corrected chi connectivity index (χ4v) is 3.30. The first-order valence-electron chi connectivity index (χ1n) is 7.38. The molecule has 3 nitrogen and oxygen atoms in total. The van der Waals surface area contributed by atoms with Gasteiger partial charge >= 0.3 is 0 Å². The molecule has 17 heavy (non-hydrogen) atoms. The van der Waals surface area contributed by atoms with E-state index >= 15 is 0 Å². The summed E-state index contributed by atoms with van der Waals surface area (Å²) in [4.78, 5) is 0. The first kappa shape index (κ1) is 13.3. The summed E-state index contributed by atoms with van der Waals surface area (Å²) in [7, 11) is 0. The SMILES string of the molecule is CC(O)(CC1CCCCN1)C1CCCCCN1. The summed E-state index contributed by atoms with van der Waals surface area (Å²) in [5, 5.41) is 17.8. The maximum Gasteiger partial charge on any atom is 0.0786 e. The highest BCUT2D eigenvalue weighted by atomic mass is 16.3. The number of piperidine rings is 1. The van der Waals surface area contributed by atoms with Crippen molar-refractivity contribution >= 4 is 0 Å². The van der Waals surface area contributed by atoms with E-state index in [2.05, 4.69) is 10.6 Å². The zero-order valence-corrected chi connectivity index (χ0v) is 11.2. The number of hydrogen-bond acceptors (Lipinski definition) is 3. The van der Waals surface area contributed by atoms with Gasteiger partial charge in [-0.05, 0) is 52.1 Å². The van der Waals surface area contributed by atoms with Crippen LogP contribution in [0.5, 0.6) is 0 Å². The molecule has 0 bridgehead atoms. The summed E-state index contributed by atoms with van der Waals surface area (Å²) in [6, 6.07) is 0.803. The van der Waals surface area contributed by atoms with E-state index in [1.165, 1.54) is 38.5 Å². The van der Waals surface area contributed by atoms with Crippen molar-refractivity contribution in [3.05, 3.63) is 0 Å². The molecule has 2 aliphatic rings. The zero-order valence-electron chi connectivity index (χ0n) is 11.2. The number of nitrogens with one attached hydrogen (secondary N) is 2. The Balaban J connectivity index is 1.86. The van der Waals surface area contributed by atoms with Crippen molar-refractivity contribution < 1.29 is 5.11 Å². The third kappa shape index (κ3) is 3.94. The van der Waals surface area contributed by atoms with E-state index < -0.39 is 5.60 Å². The summed E-state index contributed by atoms with van der Waals surface area (Å²) in [6.07, 6.45) is 9.67. The second kappa shape index (κ2) is 6.17. The van der Waals surface area contributed by atoms with E-state index in [4.69, 9.17) is 0 Å². The van der Waals surface area contributed by atoms with Crippen LogP contribution in [-0.2, 0) is 0 Å². The summed E-state index contributed by atoms with van der Waals surface area (Å²) >= 11 is 0. The molecule has 2 fully saturated rings. The Hall–Kier alpha value is -0.120. The third-order valence-corrected chi connectivity index (χ3v) is 4.38. The number of rotatable bonds is 3. The van der Waals surface area contributed by atoms with Gasteiger partial charge in [-0.15, -0.1) is 0 Å². The molecule has 2 saturated heterocycles. The Labute approximate surface area is 105 Å². The summed E-state index contributed by atoms with van der Waals surface area (Å²) in [6.45, 7) is 4.21. The Morgan fingerprint density at radius 2 is 1.71 bits per heavy atom. The standard InChI is InChI=1S/C14H28N2O/c1-14(17,11-12-7-4-6-9-15-12)13-8-3-2-5-10-16-13/h12-13,15-17H,2-11H2,1H3. The zero-order chi connectivity index (χ0) is 12.1. The average molecular weight is 240 g/mol. The van der Waals surface area contributed by atoms with E-state index in [9.17, 15) is 5.11 Å². The van der Waals surface area contributed by atoms with Crippen LogP contribution in [-0.4, -0.2) is 35.9 Å². The normalized spacial score (nSPS) is 34.9. The molecule has 0 radical (unpaired) electrons. The third-order valence-electron chi connectivity index (χ3n) is 4.38. The van der Waals surface area contributed by atoms with Gasteiger partial charge in [0.15, 0.2) is 0 Å². The number of hydrogen-bond donors (Lipinski definition) is 3. The monoisotopic (exact) mass is 240 g/mol. The van der Waals surface area contributed by atoms with E-state index in [-0.39, 0.29) is 6.04 Å². The fraction of sp³-hybridized carbons (Fsp3) is 1.00. The molecule has 3 atom stereocenters. The molecule has 3 unspecified atom stereocenters. The lowest BCUT2D eigenvalue weighted by atomic mass is 9.84. The van der Waals surface area contributed by atoms with E-state index in [0.29, 0.717) is 6.04 Å². The molecule has 2 heterocycles. The quantitative estimate of drug-likeness (QED) is 0.705. The van der Waals surface area contributed by atoms with Crippen LogP contribution in [0.3, 0.4) is 0 Å². The molecule has 0 aromatic heterocycles. The highest BCUT2D eigenvalue weighted by Gasteiger charge is 2.34. The minimum atomic E-state index is -0.556. The Bertz CT molecular complexity index is 216. The number of aliphatic hydroxyl groups is 1. The molecule has 2 aliphatic heterocycles. The van der Waals surface area contributed by atoms with Crippen molar-refractivity contribution in [3.8, 4) is 0 Å². The van der Waals surface area contributed by atoms with Crippen LogP contribution in [0, 0.1) is 0 Å². The van der Waals surface area contributed by atoms with Gasteiger partial charge < -0.3 is 15.7 Å². The minimum Gasteiger partial charge on any atom is -0.388 e. The fourth-order valence-electron chi connectivity index (χ4n) is 3.30. The second-order valence-electron chi connectivity index (χ2n) is 6.06. The van der Waals surface area contributed by atoms with Gasteiger partial charge in [0, 0.05) is 12.1 Å². The van der Waals surface area contributed by atoms with Crippen LogP contribution in [0.15, 0.2) is 0 Å². The van der Waals surface area contributed by atoms with Gasteiger partial charge in [-0.25, -0.2) is 0 Å². The van der Waals surface area contributed by atoms with Gasteiger partial charge in [0.2, 0.25) is 0 Å². The second-order valence-corrected chi connectivity index (χ2v) is 6.06. The molecule has 0 amide bonds. The van der Waals surface area contributed by atoms with Gasteiger partial charge in [-0.3, -0.25) is 0 Å². The van der Waals surface area contributed by atoms with Crippen LogP contribution in [0.25, 0.3) is 0 Å². The molecule has 3 heteroatoms. The highest BCUT2D eigenvalue weighted by Crippen LogP contribution is 2.25. The van der Waals surface area contributed by atoms with Gasteiger partial charge in [-0.2, -0.15) is 0 Å². The van der Waals surface area contributed by atoms with Gasteiger partial charge in [-0.1, -0.05) is 19.3 Å². The van der Waals surface area contributed by atoms with Crippen molar-refractivity contribution in [1.82, 2.24) is 10.6 Å². The lowest BCUT2D eigenvalue weighted by Crippen LogP contribution is -2.52. The highest BCUT2D eigenvalue weighted by molar-refractivity contribution is 4.93. The summed E-state index contributed by atoms with van der Waals surface area (Å²) in [5.41, 5.74) is -0.556. The van der Waals surface area contributed by atoms with Crippen molar-refractivity contribution in [2.45, 2.75) is 76.0 Å². The molecular weight excluding hydrogens is 212 g/mol. The van der Waals surface area contributed by atoms with Gasteiger partial charge in [0.25, 0.3) is 0 Å². The van der Waals surface area contributed by atoms with Crippen molar-refractivity contribution in [2.75, 3.05) is 13.1 Å². The Kier molecular flexibility index (Phi) is 4.83. The topological polar surface area (TPSA) is 44.3 Å². The molecule has 3 N–H and O–H groups in total. The van der Waals surface area contributed by atoms with Crippen molar-refractivity contribution in [3.63, 3.8) is 0 Å².